The van der Waals surface area contributed by atoms with Crippen molar-refractivity contribution in [2.45, 2.75) is 39.7 Å². The van der Waals surface area contributed by atoms with E-state index in [-0.39, 0.29) is 28.9 Å². The van der Waals surface area contributed by atoms with Gasteiger partial charge in [-0.2, -0.15) is 0 Å². The van der Waals surface area contributed by atoms with Gasteiger partial charge in [-0.1, -0.05) is 55.8 Å². The Labute approximate surface area is 221 Å². The molecule has 1 heterocycles. The highest BCUT2D eigenvalue weighted by molar-refractivity contribution is 6.36. The van der Waals surface area contributed by atoms with Crippen LogP contribution in [0, 0.1) is 6.92 Å². The summed E-state index contributed by atoms with van der Waals surface area (Å²) in [6, 6.07) is 12.1. The van der Waals surface area contributed by atoms with E-state index in [2.05, 4.69) is 29.4 Å². The highest BCUT2D eigenvalue weighted by Crippen LogP contribution is 2.34. The Balaban J connectivity index is 1.72. The minimum Gasteiger partial charge on any atom is -0.482 e. The van der Waals surface area contributed by atoms with E-state index in [0.717, 1.165) is 36.1 Å². The van der Waals surface area contributed by atoms with Gasteiger partial charge >= 0.3 is 5.63 Å². The van der Waals surface area contributed by atoms with Crippen LogP contribution < -0.4 is 21.0 Å². The molecule has 0 bridgehead atoms. The van der Waals surface area contributed by atoms with Gasteiger partial charge < -0.3 is 24.7 Å². The Bertz CT molecular complexity index is 1290. The zero-order valence-corrected chi connectivity index (χ0v) is 22.5. The smallest absolute Gasteiger partial charge is 0.339 e. The number of nitrogens with one attached hydrogen (secondary N) is 2. The molecule has 2 aromatic carbocycles. The first-order chi connectivity index (χ1) is 17.8. The second-order valence-electron chi connectivity index (χ2n) is 8.74. The van der Waals surface area contributed by atoms with Crippen molar-refractivity contribution in [3.63, 3.8) is 0 Å². The van der Waals surface area contributed by atoms with Crippen molar-refractivity contribution in [2.75, 3.05) is 33.3 Å². The van der Waals surface area contributed by atoms with Crippen LogP contribution in [0.2, 0.25) is 5.02 Å². The van der Waals surface area contributed by atoms with Crippen LogP contribution in [0.1, 0.15) is 30.5 Å². The second kappa shape index (κ2) is 13.3. The van der Waals surface area contributed by atoms with Crippen LogP contribution in [0.3, 0.4) is 0 Å². The first kappa shape index (κ1) is 28.2. The van der Waals surface area contributed by atoms with Gasteiger partial charge in [0.05, 0.1) is 0 Å². The average molecular weight is 528 g/mol. The molecule has 1 atom stereocenters. The summed E-state index contributed by atoms with van der Waals surface area (Å²) in [5, 5.41) is 6.11. The van der Waals surface area contributed by atoms with Crippen LogP contribution in [-0.4, -0.2) is 56.0 Å². The van der Waals surface area contributed by atoms with Gasteiger partial charge in [0.15, 0.2) is 12.2 Å². The van der Waals surface area contributed by atoms with E-state index in [9.17, 15) is 14.4 Å². The van der Waals surface area contributed by atoms with E-state index in [4.69, 9.17) is 20.8 Å². The third-order valence-corrected chi connectivity index (χ3v) is 6.83. The third-order valence-electron chi connectivity index (χ3n) is 6.47. The van der Waals surface area contributed by atoms with Crippen LogP contribution in [0.15, 0.2) is 51.7 Å². The normalized spacial score (nSPS) is 11.9. The maximum Gasteiger partial charge on any atom is 0.339 e. The van der Waals surface area contributed by atoms with Crippen LogP contribution in [-0.2, 0) is 22.4 Å². The Hall–Kier alpha value is -3.36. The van der Waals surface area contributed by atoms with E-state index < -0.39 is 17.6 Å². The molecule has 0 fully saturated rings. The van der Waals surface area contributed by atoms with Crippen molar-refractivity contribution >= 4 is 34.4 Å². The number of carbonyl (C=O) groups is 2. The number of nitrogens with zero attached hydrogens (tertiary/aromatic N) is 1. The SMILES string of the molecule is CCN(CC)CCc1c(C)c2ccc(OCC(=O)N[C@H](Cc3ccccc3)C(=O)NC)c(Cl)c2oc1=O. The lowest BCUT2D eigenvalue weighted by atomic mass is 10.0. The first-order valence-electron chi connectivity index (χ1n) is 12.4. The molecule has 2 amide bonds. The molecular formula is C28H34ClN3O5. The monoisotopic (exact) mass is 527 g/mol. The number of fused-ring (bicyclic) bond motifs is 1. The zero-order chi connectivity index (χ0) is 26.9. The lowest BCUT2D eigenvalue weighted by Crippen LogP contribution is -2.48. The van der Waals surface area contributed by atoms with Gasteiger partial charge in [0.25, 0.3) is 5.91 Å². The molecule has 0 saturated carbocycles. The molecule has 3 rings (SSSR count). The topological polar surface area (TPSA) is 101 Å². The molecule has 0 spiro atoms. The van der Waals surface area contributed by atoms with Gasteiger partial charge in [0.2, 0.25) is 5.91 Å². The first-order valence-corrected chi connectivity index (χ1v) is 12.8. The van der Waals surface area contributed by atoms with Crippen LogP contribution in [0.4, 0.5) is 0 Å². The van der Waals surface area contributed by atoms with Crippen LogP contribution in [0.25, 0.3) is 11.0 Å². The maximum atomic E-state index is 12.7. The average Bonchev–Trinajstić information content (AvgIpc) is 2.90. The molecule has 0 radical (unpaired) electrons. The number of rotatable bonds is 12. The van der Waals surface area contributed by atoms with Gasteiger partial charge in [0, 0.05) is 31.0 Å². The summed E-state index contributed by atoms with van der Waals surface area (Å²) < 4.78 is 11.2. The van der Waals surface area contributed by atoms with Gasteiger partial charge in [0.1, 0.15) is 16.8 Å². The summed E-state index contributed by atoms with van der Waals surface area (Å²) in [7, 11) is 1.52. The molecule has 0 unspecified atom stereocenters. The van der Waals surface area contributed by atoms with Crippen LogP contribution >= 0.6 is 11.6 Å². The quantitative estimate of drug-likeness (QED) is 0.350. The van der Waals surface area contributed by atoms with E-state index in [1.807, 2.05) is 37.3 Å². The Morgan fingerprint density at radius 2 is 1.81 bits per heavy atom. The number of aryl methyl sites for hydroxylation is 1. The molecule has 0 saturated heterocycles. The molecule has 0 aliphatic rings. The number of halogens is 1. The van der Waals surface area contributed by atoms with Crippen molar-refractivity contribution in [3.8, 4) is 5.75 Å². The third kappa shape index (κ3) is 7.11. The highest BCUT2D eigenvalue weighted by atomic mass is 35.5. The van der Waals surface area contributed by atoms with Crippen molar-refractivity contribution in [1.82, 2.24) is 15.5 Å². The summed E-state index contributed by atoms with van der Waals surface area (Å²) in [5.41, 5.74) is 2.15. The Kier molecular flexibility index (Phi) is 10.1. The summed E-state index contributed by atoms with van der Waals surface area (Å²) in [4.78, 5) is 39.9. The summed E-state index contributed by atoms with van der Waals surface area (Å²) in [6.07, 6.45) is 0.918. The molecule has 9 heteroatoms. The fourth-order valence-electron chi connectivity index (χ4n) is 4.23. The van der Waals surface area contributed by atoms with E-state index in [1.54, 1.807) is 12.1 Å². The maximum absolute atomic E-state index is 12.7. The lowest BCUT2D eigenvalue weighted by molar-refractivity contribution is -0.129. The molecule has 0 aliphatic heterocycles. The lowest BCUT2D eigenvalue weighted by Gasteiger charge is -2.19. The fourth-order valence-corrected chi connectivity index (χ4v) is 4.48. The van der Waals surface area contributed by atoms with Gasteiger partial charge in [-0.05, 0) is 49.7 Å². The van der Waals surface area contributed by atoms with Crippen molar-refractivity contribution < 1.29 is 18.7 Å². The molecule has 8 nitrogen and oxygen atoms in total. The van der Waals surface area contributed by atoms with Gasteiger partial charge in [-0.15, -0.1) is 0 Å². The molecule has 0 aliphatic carbocycles. The second-order valence-corrected chi connectivity index (χ2v) is 9.12. The Morgan fingerprint density at radius 3 is 2.46 bits per heavy atom. The number of ether oxygens (including phenoxy) is 1. The number of likely N-dealkylation sites (N-methyl/N-ethyl adjacent to an activating group) is 2. The fraction of sp³-hybridized carbons (Fsp3) is 0.393. The molecular weight excluding hydrogens is 494 g/mol. The standard InChI is InChI=1S/C28H34ClN3O5/c1-5-32(6-2)15-14-21-18(3)20-12-13-23(25(29)26(20)37-28(21)35)36-17-24(33)31-22(27(34)30-4)16-19-10-8-7-9-11-19/h7-13,22H,5-6,14-17H2,1-4H3,(H,30,34)(H,31,33)/t22-/m1/s1. The molecule has 198 valence electrons. The van der Waals surface area contributed by atoms with Crippen molar-refractivity contribution in [1.29, 1.82) is 0 Å². The number of amides is 2. The number of hydrogen-bond donors (Lipinski definition) is 2. The Morgan fingerprint density at radius 1 is 1.11 bits per heavy atom. The molecule has 1 aromatic heterocycles. The molecule has 3 aromatic rings. The molecule has 2 N–H and O–H groups in total. The highest BCUT2D eigenvalue weighted by Gasteiger charge is 2.21. The van der Waals surface area contributed by atoms with Gasteiger partial charge in [-0.25, -0.2) is 4.79 Å². The summed E-state index contributed by atoms with van der Waals surface area (Å²) in [5.74, 6) is -0.581. The summed E-state index contributed by atoms with van der Waals surface area (Å²) in [6.45, 7) is 8.27. The predicted octanol–water partition coefficient (Wildman–Crippen LogP) is 3.49. The van der Waals surface area contributed by atoms with E-state index in [1.165, 1.54) is 7.05 Å². The number of carbonyl (C=O) groups excluding carboxylic acids is 2. The molecule has 37 heavy (non-hydrogen) atoms. The zero-order valence-electron chi connectivity index (χ0n) is 21.7. The van der Waals surface area contributed by atoms with Crippen molar-refractivity contribution in [3.05, 3.63) is 74.6 Å². The summed E-state index contributed by atoms with van der Waals surface area (Å²) >= 11 is 6.52. The van der Waals surface area contributed by atoms with Gasteiger partial charge in [-0.3, -0.25) is 9.59 Å². The number of benzene rings is 2. The minimum atomic E-state index is -0.758. The largest absolute Gasteiger partial charge is 0.482 e. The van der Waals surface area contributed by atoms with Crippen LogP contribution in [0.5, 0.6) is 5.75 Å². The van der Waals surface area contributed by atoms with E-state index in [0.29, 0.717) is 18.4 Å². The minimum absolute atomic E-state index is 0.118. The van der Waals surface area contributed by atoms with E-state index >= 15 is 0 Å². The predicted molar refractivity (Wildman–Crippen MR) is 145 cm³/mol. The van der Waals surface area contributed by atoms with Crippen molar-refractivity contribution in [2.24, 2.45) is 0 Å². The number of hydrogen-bond acceptors (Lipinski definition) is 6.